The fraction of sp³-hybridized carbons (Fsp3) is 1.00. The lowest BCUT2D eigenvalue weighted by Gasteiger charge is -2.48. The molecule has 1 atom stereocenters. The van der Waals surface area contributed by atoms with E-state index in [0.717, 1.165) is 19.0 Å². The van der Waals surface area contributed by atoms with Gasteiger partial charge in [0.15, 0.2) is 0 Å². The minimum absolute atomic E-state index is 0.284. The molecular weight excluding hydrogens is 162 g/mol. The van der Waals surface area contributed by atoms with Crippen LogP contribution in [-0.4, -0.2) is 35.2 Å². The van der Waals surface area contributed by atoms with E-state index in [4.69, 9.17) is 0 Å². The highest BCUT2D eigenvalue weighted by Gasteiger charge is 2.51. The maximum Gasteiger partial charge on any atom is 0.0928 e. The molecule has 1 aliphatic carbocycles. The third-order valence-corrected chi connectivity index (χ3v) is 3.60. The zero-order chi connectivity index (χ0) is 9.47. The molecule has 2 rings (SSSR count). The number of hydrogen-bond acceptors (Lipinski definition) is 2. The third kappa shape index (κ3) is 1.89. The summed E-state index contributed by atoms with van der Waals surface area (Å²) in [5, 5.41) is 10.1. The molecule has 0 bridgehead atoms. The molecule has 76 valence electrons. The number of rotatable bonds is 4. The Morgan fingerprint density at radius 2 is 2.08 bits per heavy atom. The van der Waals surface area contributed by atoms with Crippen LogP contribution in [0.25, 0.3) is 0 Å². The Labute approximate surface area is 80.9 Å². The Morgan fingerprint density at radius 3 is 2.54 bits per heavy atom. The van der Waals surface area contributed by atoms with Gasteiger partial charge in [0.1, 0.15) is 0 Å². The molecule has 13 heavy (non-hydrogen) atoms. The van der Waals surface area contributed by atoms with Gasteiger partial charge in [0, 0.05) is 19.6 Å². The Morgan fingerprint density at radius 1 is 1.46 bits per heavy atom. The van der Waals surface area contributed by atoms with Gasteiger partial charge in [-0.2, -0.15) is 0 Å². The van der Waals surface area contributed by atoms with Gasteiger partial charge in [-0.3, -0.25) is 4.90 Å². The summed E-state index contributed by atoms with van der Waals surface area (Å²) in [4.78, 5) is 2.40. The average molecular weight is 183 g/mol. The van der Waals surface area contributed by atoms with Gasteiger partial charge in [0.2, 0.25) is 0 Å². The van der Waals surface area contributed by atoms with Gasteiger partial charge in [-0.25, -0.2) is 0 Å². The Hall–Kier alpha value is -0.0800. The fourth-order valence-corrected chi connectivity index (χ4v) is 2.31. The van der Waals surface area contributed by atoms with Crippen LogP contribution in [0.3, 0.4) is 0 Å². The van der Waals surface area contributed by atoms with Crippen LogP contribution < -0.4 is 0 Å². The predicted molar refractivity (Wildman–Crippen MR) is 53.6 cm³/mol. The summed E-state index contributed by atoms with van der Waals surface area (Å²) >= 11 is 0. The molecule has 0 spiro atoms. The average Bonchev–Trinajstić information content (AvgIpc) is 2.83. The van der Waals surface area contributed by atoms with Crippen LogP contribution >= 0.6 is 0 Å². The molecule has 2 nitrogen and oxygen atoms in total. The lowest BCUT2D eigenvalue weighted by molar-refractivity contribution is -0.116. The normalized spacial score (nSPS) is 29.8. The second-order valence-corrected chi connectivity index (χ2v) is 5.06. The van der Waals surface area contributed by atoms with Gasteiger partial charge in [0.05, 0.1) is 5.60 Å². The van der Waals surface area contributed by atoms with Crippen LogP contribution in [0.2, 0.25) is 0 Å². The minimum atomic E-state index is -0.284. The van der Waals surface area contributed by atoms with Crippen molar-refractivity contribution in [2.75, 3.05) is 19.6 Å². The van der Waals surface area contributed by atoms with Crippen molar-refractivity contribution in [1.29, 1.82) is 0 Å². The van der Waals surface area contributed by atoms with E-state index in [-0.39, 0.29) is 5.60 Å². The van der Waals surface area contributed by atoms with Crippen molar-refractivity contribution in [3.8, 4) is 0 Å². The molecule has 1 N–H and O–H groups in total. The molecule has 1 saturated carbocycles. The summed E-state index contributed by atoms with van der Waals surface area (Å²) < 4.78 is 0. The van der Waals surface area contributed by atoms with Crippen LogP contribution in [-0.2, 0) is 0 Å². The maximum atomic E-state index is 10.1. The maximum absolute atomic E-state index is 10.1. The van der Waals surface area contributed by atoms with E-state index >= 15 is 0 Å². The molecule has 2 heteroatoms. The Bertz CT molecular complexity index is 183. The van der Waals surface area contributed by atoms with Crippen LogP contribution in [0.5, 0.6) is 0 Å². The van der Waals surface area contributed by atoms with Crippen LogP contribution in [0.15, 0.2) is 0 Å². The van der Waals surface area contributed by atoms with Crippen molar-refractivity contribution in [3.63, 3.8) is 0 Å². The van der Waals surface area contributed by atoms with E-state index in [1.54, 1.807) is 0 Å². The summed E-state index contributed by atoms with van der Waals surface area (Å²) in [6.45, 7) is 7.56. The quantitative estimate of drug-likeness (QED) is 0.714. The molecule has 0 aromatic rings. The molecular formula is C11H21NO. The second-order valence-electron chi connectivity index (χ2n) is 5.06. The summed E-state index contributed by atoms with van der Waals surface area (Å²) in [5.41, 5.74) is -0.284. The molecule has 0 amide bonds. The van der Waals surface area contributed by atoms with Crippen molar-refractivity contribution in [1.82, 2.24) is 4.90 Å². The minimum Gasteiger partial charge on any atom is -0.387 e. The van der Waals surface area contributed by atoms with E-state index in [1.165, 1.54) is 25.8 Å². The van der Waals surface area contributed by atoms with E-state index in [1.807, 2.05) is 0 Å². The Balaban J connectivity index is 1.71. The summed E-state index contributed by atoms with van der Waals surface area (Å²) in [7, 11) is 0. The smallest absolute Gasteiger partial charge is 0.0928 e. The first-order chi connectivity index (χ1) is 6.14. The van der Waals surface area contributed by atoms with E-state index in [9.17, 15) is 5.11 Å². The van der Waals surface area contributed by atoms with E-state index in [0.29, 0.717) is 5.92 Å². The number of aliphatic hydroxyl groups is 1. The molecule has 2 aliphatic rings. The topological polar surface area (TPSA) is 23.5 Å². The van der Waals surface area contributed by atoms with Crippen molar-refractivity contribution in [3.05, 3.63) is 0 Å². The highest BCUT2D eigenvalue weighted by molar-refractivity contribution is 5.05. The fourth-order valence-electron chi connectivity index (χ4n) is 2.31. The zero-order valence-corrected chi connectivity index (χ0v) is 8.79. The van der Waals surface area contributed by atoms with Crippen LogP contribution in [0.1, 0.15) is 33.1 Å². The van der Waals surface area contributed by atoms with Crippen LogP contribution in [0, 0.1) is 11.8 Å². The lowest BCUT2D eigenvalue weighted by atomic mass is 9.88. The molecule has 0 aromatic carbocycles. The molecule has 2 fully saturated rings. The van der Waals surface area contributed by atoms with Gasteiger partial charge in [-0.15, -0.1) is 0 Å². The van der Waals surface area contributed by atoms with Crippen molar-refractivity contribution in [2.45, 2.75) is 38.7 Å². The first-order valence-corrected chi connectivity index (χ1v) is 5.59. The van der Waals surface area contributed by atoms with Gasteiger partial charge in [-0.1, -0.05) is 20.3 Å². The Kier molecular flexibility index (Phi) is 2.37. The molecule has 1 aliphatic heterocycles. The standard InChI is InChI=1S/C11H21NO/c1-3-9(2)6-12-7-11(13,8-12)10-4-5-10/h9-10,13H,3-8H2,1-2H3. The number of β-amino-alcohol motifs (C(OH)–C–C–N with tert-alkyl or cyclic N) is 1. The van der Waals surface area contributed by atoms with Gasteiger partial charge >= 0.3 is 0 Å². The first kappa shape index (κ1) is 9.47. The monoisotopic (exact) mass is 183 g/mol. The zero-order valence-electron chi connectivity index (χ0n) is 8.79. The first-order valence-electron chi connectivity index (χ1n) is 5.59. The highest BCUT2D eigenvalue weighted by atomic mass is 16.3. The predicted octanol–water partition coefficient (Wildman–Crippen LogP) is 1.49. The van der Waals surface area contributed by atoms with Gasteiger partial charge < -0.3 is 5.11 Å². The molecule has 1 saturated heterocycles. The third-order valence-electron chi connectivity index (χ3n) is 3.60. The van der Waals surface area contributed by atoms with E-state index < -0.39 is 0 Å². The van der Waals surface area contributed by atoms with E-state index in [2.05, 4.69) is 18.7 Å². The van der Waals surface area contributed by atoms with Crippen LogP contribution in [0.4, 0.5) is 0 Å². The molecule has 1 heterocycles. The highest BCUT2D eigenvalue weighted by Crippen LogP contribution is 2.44. The van der Waals surface area contributed by atoms with Gasteiger partial charge in [0.25, 0.3) is 0 Å². The van der Waals surface area contributed by atoms with Crippen molar-refractivity contribution < 1.29 is 5.11 Å². The summed E-state index contributed by atoms with van der Waals surface area (Å²) in [5.74, 6) is 1.42. The van der Waals surface area contributed by atoms with Crippen molar-refractivity contribution in [2.24, 2.45) is 11.8 Å². The number of hydrogen-bond donors (Lipinski definition) is 1. The molecule has 1 unspecified atom stereocenters. The largest absolute Gasteiger partial charge is 0.387 e. The van der Waals surface area contributed by atoms with Gasteiger partial charge in [-0.05, 0) is 24.7 Å². The molecule has 0 aromatic heterocycles. The lowest BCUT2D eigenvalue weighted by Crippen LogP contribution is -2.63. The summed E-state index contributed by atoms with van der Waals surface area (Å²) in [6, 6.07) is 0. The summed E-state index contributed by atoms with van der Waals surface area (Å²) in [6.07, 6.45) is 3.76. The second kappa shape index (κ2) is 3.25. The number of nitrogens with zero attached hydrogens (tertiary/aromatic N) is 1. The molecule has 0 radical (unpaired) electrons. The number of likely N-dealkylation sites (tertiary alicyclic amines) is 1. The van der Waals surface area contributed by atoms with Crippen molar-refractivity contribution >= 4 is 0 Å². The SMILES string of the molecule is CCC(C)CN1CC(O)(C2CC2)C1.